The van der Waals surface area contributed by atoms with E-state index < -0.39 is 33.2 Å². The molecule has 33 heavy (non-hydrogen) atoms. The Labute approximate surface area is 183 Å². The second-order valence-electron chi connectivity index (χ2n) is 7.73. The van der Waals surface area contributed by atoms with Crippen molar-refractivity contribution in [2.45, 2.75) is 25.0 Å². The Morgan fingerprint density at radius 1 is 1.12 bits per heavy atom. The highest BCUT2D eigenvalue weighted by atomic mass is 32.2. The molecule has 0 fully saturated rings. The SMILES string of the molecule is CC1(C)OC(=O)n2c3nc(-c4ccnc(OS(=O)(=O)C(F)(F)F)c4)ccc3c3cncc1c32. The first-order valence-electron chi connectivity index (χ1n) is 9.39. The molecule has 1 aliphatic rings. The van der Waals surface area contributed by atoms with Crippen molar-refractivity contribution in [3.8, 4) is 17.1 Å². The predicted molar refractivity (Wildman–Crippen MR) is 109 cm³/mol. The maximum Gasteiger partial charge on any atom is 0.534 e. The summed E-state index contributed by atoms with van der Waals surface area (Å²) >= 11 is 0. The maximum atomic E-state index is 12.8. The van der Waals surface area contributed by atoms with Gasteiger partial charge < -0.3 is 8.92 Å². The Morgan fingerprint density at radius 2 is 1.88 bits per heavy atom. The molecule has 0 aromatic carbocycles. The topological polar surface area (TPSA) is 113 Å². The summed E-state index contributed by atoms with van der Waals surface area (Å²) in [5, 5.41) is 1.30. The van der Waals surface area contributed by atoms with E-state index in [9.17, 15) is 26.4 Å². The van der Waals surface area contributed by atoms with Crippen molar-refractivity contribution in [2.24, 2.45) is 0 Å². The lowest BCUT2D eigenvalue weighted by atomic mass is 9.97. The largest absolute Gasteiger partial charge is 0.534 e. The quantitative estimate of drug-likeness (QED) is 0.319. The molecule has 4 aromatic heterocycles. The van der Waals surface area contributed by atoms with Crippen LogP contribution >= 0.6 is 0 Å². The predicted octanol–water partition coefficient (Wildman–Crippen LogP) is 4.11. The molecule has 170 valence electrons. The minimum Gasteiger partial charge on any atom is -0.438 e. The van der Waals surface area contributed by atoms with Crippen molar-refractivity contribution in [2.75, 3.05) is 0 Å². The Hall–Kier alpha value is -3.74. The molecule has 5 heterocycles. The minimum atomic E-state index is -5.88. The second-order valence-corrected chi connectivity index (χ2v) is 9.27. The summed E-state index contributed by atoms with van der Waals surface area (Å²) in [6.45, 7) is 3.49. The third kappa shape index (κ3) is 3.18. The number of ether oxygens (including phenoxy) is 1. The fraction of sp³-hybridized carbons (Fsp3) is 0.200. The van der Waals surface area contributed by atoms with Crippen molar-refractivity contribution in [1.29, 1.82) is 0 Å². The van der Waals surface area contributed by atoms with Gasteiger partial charge in [0.15, 0.2) is 5.65 Å². The van der Waals surface area contributed by atoms with Gasteiger partial charge in [-0.3, -0.25) is 4.98 Å². The first-order chi connectivity index (χ1) is 15.4. The third-order valence-corrected chi connectivity index (χ3v) is 6.16. The van der Waals surface area contributed by atoms with Gasteiger partial charge in [-0.1, -0.05) is 0 Å². The van der Waals surface area contributed by atoms with Crippen molar-refractivity contribution in [3.05, 3.63) is 48.4 Å². The van der Waals surface area contributed by atoms with Crippen LogP contribution in [0.15, 0.2) is 42.9 Å². The Morgan fingerprint density at radius 3 is 2.61 bits per heavy atom. The number of aromatic nitrogens is 4. The van der Waals surface area contributed by atoms with Gasteiger partial charge in [0.05, 0.1) is 11.2 Å². The highest BCUT2D eigenvalue weighted by Gasteiger charge is 2.49. The fourth-order valence-corrected chi connectivity index (χ4v) is 4.11. The van der Waals surface area contributed by atoms with E-state index in [0.717, 1.165) is 12.3 Å². The van der Waals surface area contributed by atoms with Crippen LogP contribution in [-0.4, -0.2) is 39.5 Å². The molecule has 0 saturated heterocycles. The van der Waals surface area contributed by atoms with E-state index in [4.69, 9.17) is 4.74 Å². The number of carbonyl (C=O) groups is 1. The number of halogens is 3. The molecule has 0 saturated carbocycles. The zero-order chi connectivity index (χ0) is 23.8. The van der Waals surface area contributed by atoms with Crippen LogP contribution in [0.3, 0.4) is 0 Å². The van der Waals surface area contributed by atoms with E-state index in [-0.39, 0.29) is 16.9 Å². The maximum absolute atomic E-state index is 12.8. The number of carbonyl (C=O) groups excluding carboxylic acids is 1. The summed E-state index contributed by atoms with van der Waals surface area (Å²) in [6, 6.07) is 5.67. The molecule has 0 radical (unpaired) electrons. The first kappa shape index (κ1) is 21.1. The molecule has 13 heteroatoms. The Kier molecular flexibility index (Phi) is 4.25. The third-order valence-electron chi connectivity index (χ3n) is 5.20. The van der Waals surface area contributed by atoms with Crippen LogP contribution in [0.4, 0.5) is 18.0 Å². The monoisotopic (exact) mass is 478 g/mol. The van der Waals surface area contributed by atoms with E-state index in [1.807, 2.05) is 0 Å². The number of hydrogen-bond donors (Lipinski definition) is 0. The van der Waals surface area contributed by atoms with Crippen LogP contribution in [0.2, 0.25) is 0 Å². The standard InChI is InChI=1S/C20H13F3N4O5S/c1-19(2)13-9-24-8-12-11-3-4-14(26-17(11)27(16(12)13)18(28)31-19)10-5-6-25-15(7-10)32-33(29,30)20(21,22)23/h3-9H,1-2H3. The second kappa shape index (κ2) is 6.63. The van der Waals surface area contributed by atoms with E-state index >= 15 is 0 Å². The molecule has 5 rings (SSSR count). The first-order valence-corrected chi connectivity index (χ1v) is 10.8. The lowest BCUT2D eigenvalue weighted by molar-refractivity contribution is -0.0501. The Bertz CT molecular complexity index is 1580. The lowest BCUT2D eigenvalue weighted by Crippen LogP contribution is -2.33. The highest BCUT2D eigenvalue weighted by Crippen LogP contribution is 2.40. The molecule has 4 aromatic rings. The van der Waals surface area contributed by atoms with Crippen LogP contribution in [0.25, 0.3) is 33.2 Å². The Balaban J connectivity index is 1.67. The number of cyclic esters (lactones) is 1. The van der Waals surface area contributed by atoms with Gasteiger partial charge >= 0.3 is 21.7 Å². The van der Waals surface area contributed by atoms with Crippen molar-refractivity contribution >= 4 is 38.1 Å². The highest BCUT2D eigenvalue weighted by molar-refractivity contribution is 7.87. The van der Waals surface area contributed by atoms with Gasteiger partial charge in [0.1, 0.15) is 5.60 Å². The van der Waals surface area contributed by atoms with Crippen LogP contribution in [0.1, 0.15) is 19.4 Å². The zero-order valence-corrected chi connectivity index (χ0v) is 17.7. The number of rotatable bonds is 3. The smallest absolute Gasteiger partial charge is 0.438 e. The summed E-state index contributed by atoms with van der Waals surface area (Å²) in [5.41, 5.74) is -4.50. The summed E-state index contributed by atoms with van der Waals surface area (Å²) in [7, 11) is -5.88. The van der Waals surface area contributed by atoms with Gasteiger partial charge in [-0.25, -0.2) is 19.3 Å². The van der Waals surface area contributed by atoms with Gasteiger partial charge in [-0.15, -0.1) is 0 Å². The average molecular weight is 478 g/mol. The number of pyridine rings is 3. The van der Waals surface area contributed by atoms with Gasteiger partial charge in [0.25, 0.3) is 0 Å². The van der Waals surface area contributed by atoms with Crippen LogP contribution in [0, 0.1) is 0 Å². The van der Waals surface area contributed by atoms with E-state index in [2.05, 4.69) is 19.1 Å². The molecule has 0 unspecified atom stereocenters. The number of hydrogen-bond acceptors (Lipinski definition) is 8. The molecule has 0 amide bonds. The van der Waals surface area contributed by atoms with E-state index in [0.29, 0.717) is 21.9 Å². The summed E-state index contributed by atoms with van der Waals surface area (Å²) in [5.74, 6) is -0.777. The van der Waals surface area contributed by atoms with E-state index in [1.165, 1.54) is 10.6 Å². The van der Waals surface area contributed by atoms with Crippen LogP contribution in [-0.2, 0) is 20.5 Å². The molecule has 0 bridgehead atoms. The zero-order valence-electron chi connectivity index (χ0n) is 16.9. The molecule has 9 nitrogen and oxygen atoms in total. The van der Waals surface area contributed by atoms with Gasteiger partial charge in [-0.05, 0) is 32.0 Å². The fourth-order valence-electron chi connectivity index (χ4n) is 3.70. The number of fused-ring (bicyclic) bond motifs is 3. The summed E-state index contributed by atoms with van der Waals surface area (Å²) in [4.78, 5) is 25.1. The number of nitrogens with zero attached hydrogens (tertiary/aromatic N) is 4. The van der Waals surface area contributed by atoms with Gasteiger partial charge in [0.2, 0.25) is 5.88 Å². The summed E-state index contributed by atoms with van der Waals surface area (Å²) < 4.78 is 71.4. The molecule has 0 N–H and O–H groups in total. The molecule has 1 aliphatic heterocycles. The normalized spacial score (nSPS) is 15.6. The van der Waals surface area contributed by atoms with Crippen molar-refractivity contribution in [3.63, 3.8) is 0 Å². The molecule has 0 aliphatic carbocycles. The molecular weight excluding hydrogens is 465 g/mol. The molecule has 0 spiro atoms. The molecular formula is C20H13F3N4O5S. The van der Waals surface area contributed by atoms with Crippen LogP contribution in [0.5, 0.6) is 5.88 Å². The average Bonchev–Trinajstić information content (AvgIpc) is 3.05. The van der Waals surface area contributed by atoms with Gasteiger partial charge in [-0.2, -0.15) is 21.6 Å². The number of alkyl halides is 3. The van der Waals surface area contributed by atoms with Gasteiger partial charge in [0, 0.05) is 46.6 Å². The van der Waals surface area contributed by atoms with Crippen molar-refractivity contribution in [1.82, 2.24) is 19.5 Å². The minimum absolute atomic E-state index is 0.222. The lowest BCUT2D eigenvalue weighted by Gasteiger charge is -2.30. The van der Waals surface area contributed by atoms with Crippen LogP contribution < -0.4 is 4.18 Å². The summed E-state index contributed by atoms with van der Waals surface area (Å²) in [6.07, 6.45) is 3.66. The van der Waals surface area contributed by atoms with Crippen molar-refractivity contribution < 1.29 is 35.3 Å². The van der Waals surface area contributed by atoms with E-state index in [1.54, 1.807) is 38.4 Å². The molecule has 0 atom stereocenters.